The zero-order valence-electron chi connectivity index (χ0n) is 8.25. The van der Waals surface area contributed by atoms with E-state index in [2.05, 4.69) is 15.9 Å². The fraction of sp³-hybridized carbons (Fsp3) is 0.333. The highest BCUT2D eigenvalue weighted by atomic mass is 79.9. The lowest BCUT2D eigenvalue weighted by molar-refractivity contribution is -0.149. The van der Waals surface area contributed by atoms with Crippen LogP contribution < -0.4 is 15.2 Å². The first-order valence-corrected chi connectivity index (χ1v) is 5.10. The van der Waals surface area contributed by atoms with Crippen LogP contribution in [0.25, 0.3) is 0 Å². The van der Waals surface area contributed by atoms with Gasteiger partial charge in [-0.15, -0.1) is 12.4 Å². The van der Waals surface area contributed by atoms with Gasteiger partial charge in [0.05, 0.1) is 0 Å². The van der Waals surface area contributed by atoms with Crippen LogP contribution in [0.15, 0.2) is 16.6 Å². The molecule has 1 aliphatic rings. The van der Waals surface area contributed by atoms with Crippen LogP contribution in [0, 0.1) is 0 Å². The molecule has 1 aromatic rings. The van der Waals surface area contributed by atoms with E-state index in [1.165, 1.54) is 12.1 Å². The van der Waals surface area contributed by atoms with Gasteiger partial charge < -0.3 is 15.2 Å². The van der Waals surface area contributed by atoms with Crippen LogP contribution in [0.5, 0.6) is 11.5 Å². The molecule has 2 rings (SSSR count). The molecule has 96 valence electrons. The van der Waals surface area contributed by atoms with Crippen LogP contribution >= 0.6 is 28.3 Å². The van der Waals surface area contributed by atoms with Crippen LogP contribution in [0.1, 0.15) is 11.6 Å². The van der Waals surface area contributed by atoms with Gasteiger partial charge in [0.2, 0.25) is 6.79 Å². The fourth-order valence-corrected chi connectivity index (χ4v) is 1.92. The minimum Gasteiger partial charge on any atom is -0.454 e. The average Bonchev–Trinajstić information content (AvgIpc) is 2.60. The number of benzene rings is 1. The van der Waals surface area contributed by atoms with Gasteiger partial charge in [-0.2, -0.15) is 13.2 Å². The molecule has 1 aromatic carbocycles. The Balaban J connectivity index is 0.00000144. The maximum atomic E-state index is 12.4. The third-order valence-corrected chi connectivity index (χ3v) is 2.87. The second kappa shape index (κ2) is 4.91. The number of fused-ring (bicyclic) bond motifs is 1. The average molecular weight is 335 g/mol. The minimum absolute atomic E-state index is 0. The van der Waals surface area contributed by atoms with Gasteiger partial charge in [-0.3, -0.25) is 0 Å². The Bertz CT molecular complexity index is 427. The van der Waals surface area contributed by atoms with Crippen molar-refractivity contribution >= 4 is 28.3 Å². The van der Waals surface area contributed by atoms with Gasteiger partial charge in [0.1, 0.15) is 6.04 Å². The fourth-order valence-electron chi connectivity index (χ4n) is 1.35. The van der Waals surface area contributed by atoms with E-state index in [0.717, 1.165) is 0 Å². The van der Waals surface area contributed by atoms with E-state index in [4.69, 9.17) is 15.2 Å². The summed E-state index contributed by atoms with van der Waals surface area (Å²) < 4.78 is 47.6. The standard InChI is InChI=1S/C9H7BrF3NO2.ClH/c10-5-2-7-6(15-3-16-7)1-4(5)8(14)9(11,12)13;/h1-2,8H,3,14H2;1H/t8-;/m0./s1. The summed E-state index contributed by atoms with van der Waals surface area (Å²) in [4.78, 5) is 0. The second-order valence-corrected chi connectivity index (χ2v) is 4.10. The highest BCUT2D eigenvalue weighted by Crippen LogP contribution is 2.42. The molecule has 1 heterocycles. The summed E-state index contributed by atoms with van der Waals surface area (Å²) in [5.74, 6) is 0.683. The molecule has 0 unspecified atom stereocenters. The Morgan fingerprint density at radius 3 is 2.29 bits per heavy atom. The molecule has 1 atom stereocenters. The zero-order chi connectivity index (χ0) is 11.9. The quantitative estimate of drug-likeness (QED) is 0.858. The van der Waals surface area contributed by atoms with Gasteiger partial charge in [-0.25, -0.2) is 0 Å². The lowest BCUT2D eigenvalue weighted by Crippen LogP contribution is -2.28. The summed E-state index contributed by atoms with van der Waals surface area (Å²) in [6.45, 7) is 0.00643. The van der Waals surface area contributed by atoms with E-state index < -0.39 is 12.2 Å². The molecule has 0 aromatic heterocycles. The maximum absolute atomic E-state index is 12.4. The predicted molar refractivity (Wildman–Crippen MR) is 60.5 cm³/mol. The molecular weight excluding hydrogens is 326 g/mol. The third kappa shape index (κ3) is 2.78. The van der Waals surface area contributed by atoms with Gasteiger partial charge in [-0.1, -0.05) is 15.9 Å². The van der Waals surface area contributed by atoms with Crippen molar-refractivity contribution in [2.24, 2.45) is 5.73 Å². The van der Waals surface area contributed by atoms with E-state index in [9.17, 15) is 13.2 Å². The van der Waals surface area contributed by atoms with Gasteiger partial charge in [-0.05, 0) is 17.7 Å². The highest BCUT2D eigenvalue weighted by molar-refractivity contribution is 9.10. The Kier molecular flexibility index (Phi) is 4.16. The van der Waals surface area contributed by atoms with Crippen molar-refractivity contribution in [3.05, 3.63) is 22.2 Å². The molecule has 2 N–H and O–H groups in total. The van der Waals surface area contributed by atoms with Crippen LogP contribution in [0.2, 0.25) is 0 Å². The summed E-state index contributed by atoms with van der Waals surface area (Å²) in [5.41, 5.74) is 5.04. The lowest BCUT2D eigenvalue weighted by Gasteiger charge is -2.17. The summed E-state index contributed by atoms with van der Waals surface area (Å²) >= 11 is 3.03. The Morgan fingerprint density at radius 1 is 1.24 bits per heavy atom. The van der Waals surface area contributed by atoms with Crippen molar-refractivity contribution in [1.29, 1.82) is 0 Å². The number of hydrogen-bond acceptors (Lipinski definition) is 3. The molecule has 8 heteroatoms. The first-order valence-electron chi connectivity index (χ1n) is 4.31. The largest absolute Gasteiger partial charge is 0.454 e. The molecule has 0 saturated carbocycles. The molecule has 0 amide bonds. The molecule has 17 heavy (non-hydrogen) atoms. The van der Waals surface area contributed by atoms with Crippen molar-refractivity contribution in [2.75, 3.05) is 6.79 Å². The Morgan fingerprint density at radius 2 is 1.76 bits per heavy atom. The van der Waals surface area contributed by atoms with Crippen molar-refractivity contribution < 1.29 is 22.6 Å². The zero-order valence-corrected chi connectivity index (χ0v) is 10.7. The SMILES string of the molecule is Cl.N[C@@H](c1cc2c(cc1Br)OCO2)C(F)(F)F. The smallest absolute Gasteiger partial charge is 0.407 e. The van der Waals surface area contributed by atoms with Gasteiger partial charge in [0.15, 0.2) is 11.5 Å². The molecule has 0 fully saturated rings. The molecule has 0 saturated heterocycles. The lowest BCUT2D eigenvalue weighted by atomic mass is 10.1. The summed E-state index contributed by atoms with van der Waals surface area (Å²) in [5, 5.41) is 0. The van der Waals surface area contributed by atoms with E-state index in [0.29, 0.717) is 5.75 Å². The molecular formula is C9H8BrClF3NO2. The number of alkyl halides is 3. The Labute approximate surface area is 110 Å². The number of ether oxygens (including phenoxy) is 2. The van der Waals surface area contributed by atoms with Gasteiger partial charge in [0.25, 0.3) is 0 Å². The van der Waals surface area contributed by atoms with Crippen LogP contribution in [0.3, 0.4) is 0 Å². The number of rotatable bonds is 1. The number of nitrogens with two attached hydrogens (primary N) is 1. The topological polar surface area (TPSA) is 44.5 Å². The molecule has 1 aliphatic heterocycles. The number of hydrogen-bond donors (Lipinski definition) is 1. The van der Waals surface area contributed by atoms with E-state index in [1.807, 2.05) is 0 Å². The summed E-state index contributed by atoms with van der Waals surface area (Å²) in [6, 6.07) is 0.616. The molecule has 3 nitrogen and oxygen atoms in total. The van der Waals surface area contributed by atoms with Crippen molar-refractivity contribution in [1.82, 2.24) is 0 Å². The second-order valence-electron chi connectivity index (χ2n) is 3.25. The predicted octanol–water partition coefficient (Wildman–Crippen LogP) is 3.16. The number of halogens is 5. The first-order chi connectivity index (χ1) is 7.39. The van der Waals surface area contributed by atoms with Crippen molar-refractivity contribution in [3.8, 4) is 11.5 Å². The highest BCUT2D eigenvalue weighted by Gasteiger charge is 2.39. The molecule has 0 aliphatic carbocycles. The van der Waals surface area contributed by atoms with E-state index in [-0.39, 0.29) is 35.0 Å². The van der Waals surface area contributed by atoms with Crippen LogP contribution in [0.4, 0.5) is 13.2 Å². The normalized spacial score (nSPS) is 15.4. The van der Waals surface area contributed by atoms with Gasteiger partial charge >= 0.3 is 6.18 Å². The monoisotopic (exact) mass is 333 g/mol. The van der Waals surface area contributed by atoms with Crippen molar-refractivity contribution in [3.63, 3.8) is 0 Å². The molecule has 0 bridgehead atoms. The Hall–Kier alpha value is -0.660. The summed E-state index contributed by atoms with van der Waals surface area (Å²) in [6.07, 6.45) is -4.49. The van der Waals surface area contributed by atoms with Gasteiger partial charge in [0, 0.05) is 4.47 Å². The van der Waals surface area contributed by atoms with Crippen LogP contribution in [-0.4, -0.2) is 13.0 Å². The first kappa shape index (κ1) is 14.4. The third-order valence-electron chi connectivity index (χ3n) is 2.18. The molecule has 0 spiro atoms. The van der Waals surface area contributed by atoms with Crippen LogP contribution in [-0.2, 0) is 0 Å². The molecule has 0 radical (unpaired) electrons. The van der Waals surface area contributed by atoms with Crippen molar-refractivity contribution in [2.45, 2.75) is 12.2 Å². The maximum Gasteiger partial charge on any atom is 0.407 e. The summed E-state index contributed by atoms with van der Waals surface area (Å²) in [7, 11) is 0. The minimum atomic E-state index is -4.49. The van der Waals surface area contributed by atoms with E-state index >= 15 is 0 Å². The van der Waals surface area contributed by atoms with E-state index in [1.54, 1.807) is 0 Å².